The summed E-state index contributed by atoms with van der Waals surface area (Å²) in [5, 5.41) is 10.8. The van der Waals surface area contributed by atoms with Crippen molar-refractivity contribution in [3.8, 4) is 5.75 Å². The van der Waals surface area contributed by atoms with Crippen molar-refractivity contribution in [1.82, 2.24) is 4.98 Å². The monoisotopic (exact) mass is 331 g/mol. The lowest BCUT2D eigenvalue weighted by Crippen LogP contribution is -2.42. The van der Waals surface area contributed by atoms with Crippen molar-refractivity contribution in [1.29, 1.82) is 0 Å². The van der Waals surface area contributed by atoms with Crippen molar-refractivity contribution in [2.75, 3.05) is 18.1 Å². The molecular weight excluding hydrogens is 321 g/mol. The topological polar surface area (TPSA) is 103 Å². The van der Waals surface area contributed by atoms with E-state index in [1.54, 1.807) is 0 Å². The second-order valence-electron chi connectivity index (χ2n) is 4.95. The standard InChI is InChI=1S/C15H10FN3O5/c16-10-3-1-9(2-4-10)11(20)7-18-14(21)8-24-12-5-6-13(19(22)23)17-15(12)18/h1-6H,7-8H2. The van der Waals surface area contributed by atoms with E-state index in [1.165, 1.54) is 18.2 Å². The molecule has 1 amide bonds. The van der Waals surface area contributed by atoms with Gasteiger partial charge >= 0.3 is 5.82 Å². The lowest BCUT2D eigenvalue weighted by Gasteiger charge is -2.24. The van der Waals surface area contributed by atoms with E-state index in [2.05, 4.69) is 4.98 Å². The number of hydrogen-bond donors (Lipinski definition) is 0. The Kier molecular flexibility index (Phi) is 3.90. The summed E-state index contributed by atoms with van der Waals surface area (Å²) in [4.78, 5) is 39.3. The molecule has 0 spiro atoms. The number of carbonyl (C=O) groups is 2. The van der Waals surface area contributed by atoms with Crippen molar-refractivity contribution < 1.29 is 23.6 Å². The third-order valence-electron chi connectivity index (χ3n) is 3.39. The fourth-order valence-electron chi connectivity index (χ4n) is 2.20. The molecule has 0 N–H and O–H groups in total. The summed E-state index contributed by atoms with van der Waals surface area (Å²) in [5.74, 6) is -1.87. The van der Waals surface area contributed by atoms with Crippen molar-refractivity contribution in [2.45, 2.75) is 0 Å². The summed E-state index contributed by atoms with van der Waals surface area (Å²) in [6.07, 6.45) is 0. The zero-order valence-corrected chi connectivity index (χ0v) is 12.1. The Bertz CT molecular complexity index is 838. The van der Waals surface area contributed by atoms with Gasteiger partial charge in [0, 0.05) is 11.6 Å². The van der Waals surface area contributed by atoms with E-state index in [4.69, 9.17) is 4.74 Å². The average Bonchev–Trinajstić information content (AvgIpc) is 2.57. The van der Waals surface area contributed by atoms with E-state index < -0.39 is 28.2 Å². The van der Waals surface area contributed by atoms with E-state index in [1.807, 2.05) is 0 Å². The van der Waals surface area contributed by atoms with Crippen LogP contribution in [0.3, 0.4) is 0 Å². The SMILES string of the molecule is O=C(CN1C(=O)COc2ccc([N+](=O)[O-])nc21)c1ccc(F)cc1. The Morgan fingerprint density at radius 2 is 2.00 bits per heavy atom. The minimum atomic E-state index is -0.709. The van der Waals surface area contributed by atoms with Gasteiger partial charge in [0.1, 0.15) is 5.82 Å². The molecule has 0 unspecified atom stereocenters. The molecule has 1 aromatic carbocycles. The molecule has 8 nitrogen and oxygen atoms in total. The highest BCUT2D eigenvalue weighted by molar-refractivity contribution is 6.06. The van der Waals surface area contributed by atoms with Gasteiger partial charge in [0.25, 0.3) is 11.7 Å². The summed E-state index contributed by atoms with van der Waals surface area (Å²) in [6, 6.07) is 7.32. The molecule has 0 aliphatic carbocycles. The highest BCUT2D eigenvalue weighted by Crippen LogP contribution is 2.32. The number of Topliss-reactive ketones (excluding diaryl/α,β-unsaturated/α-hetero) is 1. The Balaban J connectivity index is 1.92. The number of ether oxygens (including phenoxy) is 1. The molecule has 0 saturated carbocycles. The lowest BCUT2D eigenvalue weighted by atomic mass is 10.1. The smallest absolute Gasteiger partial charge is 0.366 e. The summed E-state index contributed by atoms with van der Waals surface area (Å²) in [5.41, 5.74) is 0.211. The van der Waals surface area contributed by atoms with Crippen LogP contribution in [-0.4, -0.2) is 34.7 Å². The largest absolute Gasteiger partial charge is 0.477 e. The first-order valence-corrected chi connectivity index (χ1v) is 6.83. The Morgan fingerprint density at radius 1 is 1.29 bits per heavy atom. The number of nitrogens with zero attached hydrogens (tertiary/aromatic N) is 3. The van der Waals surface area contributed by atoms with Gasteiger partial charge < -0.3 is 14.9 Å². The number of ketones is 1. The van der Waals surface area contributed by atoms with E-state index in [9.17, 15) is 24.1 Å². The predicted octanol–water partition coefficient (Wildman–Crippen LogP) is 1.74. The maximum Gasteiger partial charge on any atom is 0.366 e. The van der Waals surface area contributed by atoms with Crippen molar-refractivity contribution in [3.63, 3.8) is 0 Å². The molecule has 2 heterocycles. The van der Waals surface area contributed by atoms with Gasteiger partial charge in [-0.3, -0.25) is 14.5 Å². The highest BCUT2D eigenvalue weighted by atomic mass is 19.1. The van der Waals surface area contributed by atoms with Crippen molar-refractivity contribution in [3.05, 3.63) is 57.9 Å². The summed E-state index contributed by atoms with van der Waals surface area (Å²) < 4.78 is 18.1. The van der Waals surface area contributed by atoms with Gasteiger partial charge in [0.15, 0.2) is 18.1 Å². The predicted molar refractivity (Wildman–Crippen MR) is 79.5 cm³/mol. The fraction of sp³-hybridized carbons (Fsp3) is 0.133. The molecule has 0 atom stereocenters. The van der Waals surface area contributed by atoms with Crippen LogP contribution in [0.15, 0.2) is 36.4 Å². The van der Waals surface area contributed by atoms with Crippen LogP contribution >= 0.6 is 0 Å². The first kappa shape index (κ1) is 15.5. The summed E-state index contributed by atoms with van der Waals surface area (Å²) in [7, 11) is 0. The number of aromatic nitrogens is 1. The normalized spacial score (nSPS) is 13.2. The molecule has 1 aliphatic rings. The number of benzene rings is 1. The minimum Gasteiger partial charge on any atom is -0.477 e. The molecular formula is C15H10FN3O5. The quantitative estimate of drug-likeness (QED) is 0.480. The Hall–Kier alpha value is -3.36. The third-order valence-corrected chi connectivity index (χ3v) is 3.39. The summed E-state index contributed by atoms with van der Waals surface area (Å²) >= 11 is 0. The summed E-state index contributed by atoms with van der Waals surface area (Å²) in [6.45, 7) is -0.682. The number of nitro groups is 1. The van der Waals surface area contributed by atoms with Gasteiger partial charge in [-0.1, -0.05) is 0 Å². The molecule has 24 heavy (non-hydrogen) atoms. The molecule has 3 rings (SSSR count). The second kappa shape index (κ2) is 6.03. The van der Waals surface area contributed by atoms with Gasteiger partial charge in [0.2, 0.25) is 0 Å². The van der Waals surface area contributed by atoms with Crippen LogP contribution in [0.25, 0.3) is 0 Å². The minimum absolute atomic E-state index is 0.0871. The first-order valence-electron chi connectivity index (χ1n) is 6.83. The number of carbonyl (C=O) groups excluding carboxylic acids is 2. The molecule has 0 radical (unpaired) electrons. The fourth-order valence-corrected chi connectivity index (χ4v) is 2.20. The molecule has 0 saturated heterocycles. The molecule has 1 aromatic heterocycles. The average molecular weight is 331 g/mol. The maximum absolute atomic E-state index is 12.9. The number of amides is 1. The van der Waals surface area contributed by atoms with Gasteiger partial charge in [-0.25, -0.2) is 4.39 Å². The van der Waals surface area contributed by atoms with Gasteiger partial charge in [0.05, 0.1) is 6.54 Å². The number of anilines is 1. The van der Waals surface area contributed by atoms with Crippen LogP contribution in [0, 0.1) is 15.9 Å². The van der Waals surface area contributed by atoms with Crippen LogP contribution in [-0.2, 0) is 4.79 Å². The molecule has 2 aromatic rings. The second-order valence-corrected chi connectivity index (χ2v) is 4.95. The number of pyridine rings is 1. The van der Waals surface area contributed by atoms with E-state index in [0.717, 1.165) is 23.1 Å². The van der Waals surface area contributed by atoms with Crippen LogP contribution in [0.4, 0.5) is 16.0 Å². The third kappa shape index (κ3) is 2.91. The van der Waals surface area contributed by atoms with E-state index in [-0.39, 0.29) is 30.3 Å². The van der Waals surface area contributed by atoms with Crippen molar-refractivity contribution >= 4 is 23.3 Å². The Labute approximate surface area is 134 Å². The highest BCUT2D eigenvalue weighted by Gasteiger charge is 2.33. The van der Waals surface area contributed by atoms with Crippen LogP contribution in [0.2, 0.25) is 0 Å². The molecule has 9 heteroatoms. The van der Waals surface area contributed by atoms with Gasteiger partial charge in [-0.2, -0.15) is 0 Å². The Morgan fingerprint density at radius 3 is 2.67 bits per heavy atom. The lowest BCUT2D eigenvalue weighted by molar-refractivity contribution is -0.389. The van der Waals surface area contributed by atoms with Crippen LogP contribution < -0.4 is 9.64 Å². The number of rotatable bonds is 4. The molecule has 0 fully saturated rings. The number of hydrogen-bond acceptors (Lipinski definition) is 6. The van der Waals surface area contributed by atoms with E-state index in [0.29, 0.717) is 0 Å². The molecule has 0 bridgehead atoms. The molecule has 1 aliphatic heterocycles. The van der Waals surface area contributed by atoms with Gasteiger partial charge in [-0.05, 0) is 40.2 Å². The van der Waals surface area contributed by atoms with Crippen LogP contribution in [0.1, 0.15) is 10.4 Å². The zero-order chi connectivity index (χ0) is 17.3. The number of fused-ring (bicyclic) bond motifs is 1. The van der Waals surface area contributed by atoms with E-state index >= 15 is 0 Å². The number of halogens is 1. The zero-order valence-electron chi connectivity index (χ0n) is 12.1. The maximum atomic E-state index is 12.9. The van der Waals surface area contributed by atoms with Gasteiger partial charge in [-0.15, -0.1) is 0 Å². The first-order chi connectivity index (χ1) is 11.5. The van der Waals surface area contributed by atoms with Crippen LogP contribution in [0.5, 0.6) is 5.75 Å². The van der Waals surface area contributed by atoms with Crippen molar-refractivity contribution in [2.24, 2.45) is 0 Å². The molecule has 122 valence electrons.